The summed E-state index contributed by atoms with van der Waals surface area (Å²) in [5.74, 6) is -0.621. The first-order valence-electron chi connectivity index (χ1n) is 6.48. The Kier molecular flexibility index (Phi) is 5.91. The van der Waals surface area contributed by atoms with Crippen LogP contribution in [0.3, 0.4) is 0 Å². The van der Waals surface area contributed by atoms with Crippen molar-refractivity contribution in [2.45, 2.75) is 25.7 Å². The monoisotopic (exact) mass is 304 g/mol. The van der Waals surface area contributed by atoms with E-state index in [9.17, 15) is 12.8 Å². The number of sulfonamides is 1. The lowest BCUT2D eigenvalue weighted by atomic mass is 10.2. The molecule has 0 bridgehead atoms. The highest BCUT2D eigenvalue weighted by atomic mass is 32.2. The molecule has 0 radical (unpaired) electrons. The molecule has 2 N–H and O–H groups in total. The van der Waals surface area contributed by atoms with E-state index in [0.717, 1.165) is 6.07 Å². The van der Waals surface area contributed by atoms with Crippen molar-refractivity contribution in [3.63, 3.8) is 0 Å². The number of hydrogen-bond acceptors (Lipinski definition) is 4. The third-order valence-electron chi connectivity index (χ3n) is 2.98. The van der Waals surface area contributed by atoms with Crippen molar-refractivity contribution in [1.82, 2.24) is 4.31 Å². The number of rotatable bonds is 7. The topological polar surface area (TPSA) is 72.6 Å². The number of halogens is 1. The van der Waals surface area contributed by atoms with Gasteiger partial charge in [0.1, 0.15) is 5.82 Å². The van der Waals surface area contributed by atoms with Crippen molar-refractivity contribution < 1.29 is 17.5 Å². The van der Waals surface area contributed by atoms with Crippen molar-refractivity contribution in [1.29, 1.82) is 0 Å². The van der Waals surface area contributed by atoms with Crippen LogP contribution in [0.2, 0.25) is 0 Å². The second-order valence-electron chi connectivity index (χ2n) is 4.32. The van der Waals surface area contributed by atoms with Crippen molar-refractivity contribution in [2.24, 2.45) is 0 Å². The van der Waals surface area contributed by atoms with E-state index in [2.05, 4.69) is 0 Å². The predicted molar refractivity (Wildman–Crippen MR) is 76.5 cm³/mol. The van der Waals surface area contributed by atoms with E-state index in [0.29, 0.717) is 13.2 Å². The molecule has 0 spiro atoms. The van der Waals surface area contributed by atoms with Crippen LogP contribution in [0.15, 0.2) is 17.0 Å². The second-order valence-corrected chi connectivity index (χ2v) is 6.23. The number of anilines is 1. The molecule has 1 rings (SSSR count). The van der Waals surface area contributed by atoms with Crippen LogP contribution in [-0.2, 0) is 14.8 Å². The maximum atomic E-state index is 13.7. The van der Waals surface area contributed by atoms with Gasteiger partial charge in [-0.1, -0.05) is 6.92 Å². The fourth-order valence-electron chi connectivity index (χ4n) is 1.84. The van der Waals surface area contributed by atoms with E-state index in [1.807, 2.05) is 6.92 Å². The van der Waals surface area contributed by atoms with Crippen LogP contribution < -0.4 is 5.73 Å². The summed E-state index contributed by atoms with van der Waals surface area (Å²) in [7, 11) is -3.77. The quantitative estimate of drug-likeness (QED) is 0.615. The lowest BCUT2D eigenvalue weighted by Gasteiger charge is -2.21. The van der Waals surface area contributed by atoms with Gasteiger partial charge in [-0.15, -0.1) is 0 Å². The Labute approximate surface area is 119 Å². The molecule has 0 amide bonds. The average molecular weight is 304 g/mol. The van der Waals surface area contributed by atoms with E-state index in [1.165, 1.54) is 17.3 Å². The summed E-state index contributed by atoms with van der Waals surface area (Å²) < 4.78 is 45.1. The number of likely N-dealkylation sites (N-methyl/N-ethyl adjacent to an activating group) is 1. The van der Waals surface area contributed by atoms with Crippen LogP contribution in [0.25, 0.3) is 0 Å². The zero-order valence-corrected chi connectivity index (χ0v) is 12.8. The summed E-state index contributed by atoms with van der Waals surface area (Å²) in [5, 5.41) is 0. The number of benzene rings is 1. The molecule has 0 saturated heterocycles. The Morgan fingerprint density at radius 2 is 2.00 bits per heavy atom. The van der Waals surface area contributed by atoms with E-state index < -0.39 is 15.8 Å². The molecule has 0 atom stereocenters. The third-order valence-corrected chi connectivity index (χ3v) is 5.08. The van der Waals surface area contributed by atoms with Crippen molar-refractivity contribution in [3.05, 3.63) is 23.5 Å². The van der Waals surface area contributed by atoms with Crippen molar-refractivity contribution >= 4 is 15.7 Å². The second kappa shape index (κ2) is 7.01. The van der Waals surface area contributed by atoms with Crippen LogP contribution in [0.5, 0.6) is 0 Å². The van der Waals surface area contributed by atoms with Crippen molar-refractivity contribution in [2.75, 3.05) is 32.0 Å². The molecule has 0 aliphatic carbocycles. The Morgan fingerprint density at radius 1 is 1.35 bits per heavy atom. The smallest absolute Gasteiger partial charge is 0.243 e. The van der Waals surface area contributed by atoms with E-state index in [1.54, 1.807) is 6.92 Å². The Morgan fingerprint density at radius 3 is 2.55 bits per heavy atom. The highest BCUT2D eigenvalue weighted by Gasteiger charge is 2.26. The molecule has 0 heterocycles. The zero-order chi connectivity index (χ0) is 15.3. The van der Waals surface area contributed by atoms with Crippen LogP contribution in [-0.4, -0.2) is 39.0 Å². The SMILES string of the molecule is CCOCCN(CC)S(=O)(=O)c1cc(N)cc(F)c1C. The first-order chi connectivity index (χ1) is 9.34. The highest BCUT2D eigenvalue weighted by Crippen LogP contribution is 2.24. The fourth-order valence-corrected chi connectivity index (χ4v) is 3.54. The minimum Gasteiger partial charge on any atom is -0.399 e. The molecule has 114 valence electrons. The minimum atomic E-state index is -3.77. The Balaban J connectivity index is 3.14. The zero-order valence-electron chi connectivity index (χ0n) is 12.0. The molecule has 5 nitrogen and oxygen atoms in total. The van der Waals surface area contributed by atoms with E-state index in [4.69, 9.17) is 10.5 Å². The lowest BCUT2D eigenvalue weighted by molar-refractivity contribution is 0.135. The summed E-state index contributed by atoms with van der Waals surface area (Å²) in [4.78, 5) is -0.0895. The molecule has 1 aromatic carbocycles. The van der Waals surface area contributed by atoms with Gasteiger partial charge in [-0.05, 0) is 26.0 Å². The van der Waals surface area contributed by atoms with Gasteiger partial charge in [-0.2, -0.15) is 4.31 Å². The highest BCUT2D eigenvalue weighted by molar-refractivity contribution is 7.89. The maximum absolute atomic E-state index is 13.7. The molecule has 0 saturated carbocycles. The molecular weight excluding hydrogens is 283 g/mol. The normalized spacial score (nSPS) is 12.1. The molecule has 20 heavy (non-hydrogen) atoms. The van der Waals surface area contributed by atoms with E-state index in [-0.39, 0.29) is 29.2 Å². The Hall–Kier alpha value is -1.18. The van der Waals surface area contributed by atoms with Gasteiger partial charge in [0.2, 0.25) is 10.0 Å². The molecule has 0 aliphatic heterocycles. The molecule has 7 heteroatoms. The summed E-state index contributed by atoms with van der Waals surface area (Å²) in [6.45, 7) is 6.31. The molecule has 0 aliphatic rings. The van der Waals surface area contributed by atoms with Gasteiger partial charge in [0, 0.05) is 30.9 Å². The first-order valence-corrected chi connectivity index (χ1v) is 7.92. The number of ether oxygens (including phenoxy) is 1. The average Bonchev–Trinajstić information content (AvgIpc) is 2.38. The third kappa shape index (κ3) is 3.68. The molecule has 1 aromatic rings. The fraction of sp³-hybridized carbons (Fsp3) is 0.538. The minimum absolute atomic E-state index is 0.0778. The Bertz CT molecular complexity index is 561. The van der Waals surface area contributed by atoms with Crippen LogP contribution in [0, 0.1) is 12.7 Å². The van der Waals surface area contributed by atoms with Gasteiger partial charge in [-0.3, -0.25) is 0 Å². The molecule has 0 unspecified atom stereocenters. The molecule has 0 aromatic heterocycles. The molecule has 0 fully saturated rings. The van der Waals surface area contributed by atoms with Gasteiger partial charge in [0.05, 0.1) is 11.5 Å². The van der Waals surface area contributed by atoms with E-state index >= 15 is 0 Å². The van der Waals surface area contributed by atoms with Gasteiger partial charge in [0.25, 0.3) is 0 Å². The lowest BCUT2D eigenvalue weighted by Crippen LogP contribution is -2.34. The predicted octanol–water partition coefficient (Wildman–Crippen LogP) is 1.76. The summed E-state index contributed by atoms with van der Waals surface area (Å²) in [6.07, 6.45) is 0. The van der Waals surface area contributed by atoms with Gasteiger partial charge in [0.15, 0.2) is 0 Å². The van der Waals surface area contributed by atoms with Crippen molar-refractivity contribution in [3.8, 4) is 0 Å². The molecular formula is C13H21FN2O3S. The van der Waals surface area contributed by atoms with Crippen LogP contribution in [0.4, 0.5) is 10.1 Å². The van der Waals surface area contributed by atoms with Gasteiger partial charge < -0.3 is 10.5 Å². The van der Waals surface area contributed by atoms with Gasteiger partial charge in [-0.25, -0.2) is 12.8 Å². The number of nitrogens with zero attached hydrogens (tertiary/aromatic N) is 1. The summed E-state index contributed by atoms with van der Waals surface area (Å²) >= 11 is 0. The number of nitrogens with two attached hydrogens (primary N) is 1. The standard InChI is InChI=1S/C13H21FN2O3S/c1-4-16(6-7-19-5-2)20(17,18)13-9-11(15)8-12(14)10(13)3/h8-9H,4-7,15H2,1-3H3. The summed E-state index contributed by atoms with van der Waals surface area (Å²) in [5.41, 5.74) is 5.71. The maximum Gasteiger partial charge on any atom is 0.243 e. The van der Waals surface area contributed by atoms with Gasteiger partial charge >= 0.3 is 0 Å². The largest absolute Gasteiger partial charge is 0.399 e. The van der Waals surface area contributed by atoms with Crippen LogP contribution in [0.1, 0.15) is 19.4 Å². The number of hydrogen-bond donors (Lipinski definition) is 1. The summed E-state index contributed by atoms with van der Waals surface area (Å²) in [6, 6.07) is 2.40. The first kappa shape index (κ1) is 16.9. The number of nitrogen functional groups attached to an aromatic ring is 1. The van der Waals surface area contributed by atoms with Crippen LogP contribution >= 0.6 is 0 Å².